The minimum atomic E-state index is -1.05. The van der Waals surface area contributed by atoms with Crippen LogP contribution >= 0.6 is 11.6 Å². The van der Waals surface area contributed by atoms with Crippen LogP contribution in [0.4, 0.5) is 5.69 Å². The number of hydrogen-bond donors (Lipinski definition) is 2. The summed E-state index contributed by atoms with van der Waals surface area (Å²) in [5.41, 5.74) is 2.96. The van der Waals surface area contributed by atoms with Crippen molar-refractivity contribution in [3.05, 3.63) is 58.1 Å². The minimum absolute atomic E-state index is 0.0903. The Hall–Kier alpha value is -2.73. The normalized spacial score (nSPS) is 14.7. The van der Waals surface area contributed by atoms with Crippen LogP contribution in [0.5, 0.6) is 5.75 Å². The molecule has 1 heterocycles. The Labute approximate surface area is 194 Å². The largest absolute Gasteiger partial charge is 0.493 e. The van der Waals surface area contributed by atoms with Crippen LogP contribution in [-0.2, 0) is 11.2 Å². The maximum absolute atomic E-state index is 12.9. The molecule has 2 aromatic rings. The Morgan fingerprint density at radius 2 is 1.88 bits per heavy atom. The molecule has 0 bridgehead atoms. The second-order valence-corrected chi connectivity index (χ2v) is 8.46. The van der Waals surface area contributed by atoms with Gasteiger partial charge in [-0.05, 0) is 74.1 Å². The summed E-state index contributed by atoms with van der Waals surface area (Å²) in [6.45, 7) is 6.20. The average molecular weight is 459 g/mol. The molecular formula is C25H31ClN2O4. The van der Waals surface area contributed by atoms with E-state index in [0.717, 1.165) is 30.8 Å². The van der Waals surface area contributed by atoms with Crippen molar-refractivity contribution >= 4 is 29.2 Å². The second kappa shape index (κ2) is 11.2. The van der Waals surface area contributed by atoms with E-state index in [4.69, 9.17) is 16.3 Å². The summed E-state index contributed by atoms with van der Waals surface area (Å²) < 4.78 is 5.46. The molecule has 172 valence electrons. The molecule has 0 saturated carbocycles. The van der Waals surface area contributed by atoms with E-state index in [9.17, 15) is 14.7 Å². The van der Waals surface area contributed by atoms with Crippen LogP contribution in [0, 0.1) is 0 Å². The molecule has 3 rings (SSSR count). The maximum atomic E-state index is 12.9. The fourth-order valence-electron chi connectivity index (χ4n) is 4.19. The summed E-state index contributed by atoms with van der Waals surface area (Å²) >= 11 is 6.32. The first-order chi connectivity index (χ1) is 15.4. The lowest BCUT2D eigenvalue weighted by atomic mass is 9.99. The molecule has 7 heteroatoms. The molecule has 32 heavy (non-hydrogen) atoms. The van der Waals surface area contributed by atoms with Crippen molar-refractivity contribution in [2.75, 3.05) is 24.6 Å². The van der Waals surface area contributed by atoms with E-state index in [2.05, 4.69) is 16.3 Å². The number of rotatable bonds is 9. The molecule has 6 nitrogen and oxygen atoms in total. The van der Waals surface area contributed by atoms with Crippen molar-refractivity contribution in [1.82, 2.24) is 5.32 Å². The van der Waals surface area contributed by atoms with Crippen LogP contribution in [0.2, 0.25) is 5.02 Å². The summed E-state index contributed by atoms with van der Waals surface area (Å²) in [6, 6.07) is 10.5. The van der Waals surface area contributed by atoms with Gasteiger partial charge in [-0.25, -0.2) is 4.79 Å². The van der Waals surface area contributed by atoms with Gasteiger partial charge in [0.15, 0.2) is 0 Å². The molecule has 0 aliphatic carbocycles. The highest BCUT2D eigenvalue weighted by Crippen LogP contribution is 2.33. The smallest absolute Gasteiger partial charge is 0.339 e. The molecule has 2 aromatic carbocycles. The SMILES string of the molecule is CCOc1cc(CC(=O)NC(CC)c2cc(Cl)ccc2N2CCCCC2)ccc1C(=O)O. The van der Waals surface area contributed by atoms with Gasteiger partial charge in [0, 0.05) is 23.8 Å². The number of anilines is 1. The highest BCUT2D eigenvalue weighted by Gasteiger charge is 2.22. The minimum Gasteiger partial charge on any atom is -0.493 e. The number of aromatic carboxylic acids is 1. The van der Waals surface area contributed by atoms with Crippen LogP contribution in [0.3, 0.4) is 0 Å². The lowest BCUT2D eigenvalue weighted by Crippen LogP contribution is -2.34. The number of piperidine rings is 1. The number of carboxylic acid groups (broad SMARTS) is 1. The van der Waals surface area contributed by atoms with Gasteiger partial charge in [0.05, 0.1) is 19.1 Å². The van der Waals surface area contributed by atoms with E-state index in [-0.39, 0.29) is 29.7 Å². The van der Waals surface area contributed by atoms with Crippen LogP contribution in [0.15, 0.2) is 36.4 Å². The van der Waals surface area contributed by atoms with Crippen molar-refractivity contribution in [3.8, 4) is 5.75 Å². The number of ether oxygens (including phenoxy) is 1. The van der Waals surface area contributed by atoms with Crippen LogP contribution < -0.4 is 15.0 Å². The Morgan fingerprint density at radius 3 is 2.53 bits per heavy atom. The van der Waals surface area contributed by atoms with E-state index in [1.165, 1.54) is 25.3 Å². The first-order valence-corrected chi connectivity index (χ1v) is 11.6. The number of nitrogens with one attached hydrogen (secondary N) is 1. The van der Waals surface area contributed by atoms with Gasteiger partial charge in [0.1, 0.15) is 11.3 Å². The molecule has 1 fully saturated rings. The zero-order chi connectivity index (χ0) is 23.1. The van der Waals surface area contributed by atoms with Gasteiger partial charge in [-0.15, -0.1) is 0 Å². The lowest BCUT2D eigenvalue weighted by molar-refractivity contribution is -0.121. The molecule has 1 saturated heterocycles. The zero-order valence-corrected chi connectivity index (χ0v) is 19.5. The van der Waals surface area contributed by atoms with E-state index in [0.29, 0.717) is 17.2 Å². The molecule has 1 aliphatic heterocycles. The van der Waals surface area contributed by atoms with Crippen molar-refractivity contribution in [2.45, 2.75) is 52.0 Å². The number of benzene rings is 2. The molecule has 1 unspecified atom stereocenters. The number of carbonyl (C=O) groups excluding carboxylic acids is 1. The highest BCUT2D eigenvalue weighted by molar-refractivity contribution is 6.30. The predicted octanol–water partition coefficient (Wildman–Crippen LogP) is 5.24. The van der Waals surface area contributed by atoms with Crippen molar-refractivity contribution < 1.29 is 19.4 Å². The average Bonchev–Trinajstić information content (AvgIpc) is 2.78. The lowest BCUT2D eigenvalue weighted by Gasteiger charge is -2.32. The summed E-state index contributed by atoms with van der Waals surface area (Å²) in [5.74, 6) is -0.909. The fourth-order valence-corrected chi connectivity index (χ4v) is 4.37. The first-order valence-electron chi connectivity index (χ1n) is 11.3. The Morgan fingerprint density at radius 1 is 1.12 bits per heavy atom. The van der Waals surface area contributed by atoms with Gasteiger partial charge >= 0.3 is 5.97 Å². The number of amides is 1. The summed E-state index contributed by atoms with van der Waals surface area (Å²) in [4.78, 5) is 26.7. The van der Waals surface area contributed by atoms with E-state index >= 15 is 0 Å². The van der Waals surface area contributed by atoms with Gasteiger partial charge in [-0.2, -0.15) is 0 Å². The Kier molecular flexibility index (Phi) is 8.39. The molecule has 0 radical (unpaired) electrons. The molecule has 1 aliphatic rings. The highest BCUT2D eigenvalue weighted by atomic mass is 35.5. The summed E-state index contributed by atoms with van der Waals surface area (Å²) in [7, 11) is 0. The van der Waals surface area contributed by atoms with Crippen molar-refractivity contribution in [2.24, 2.45) is 0 Å². The number of hydrogen-bond acceptors (Lipinski definition) is 4. The summed E-state index contributed by atoms with van der Waals surface area (Å²) in [5, 5.41) is 13.1. The van der Waals surface area contributed by atoms with E-state index in [1.54, 1.807) is 19.1 Å². The number of nitrogens with zero attached hydrogens (tertiary/aromatic N) is 1. The van der Waals surface area contributed by atoms with Crippen LogP contribution in [0.25, 0.3) is 0 Å². The van der Waals surface area contributed by atoms with Gasteiger partial charge in [-0.3, -0.25) is 4.79 Å². The van der Waals surface area contributed by atoms with E-state index < -0.39 is 5.97 Å². The third-order valence-corrected chi connectivity index (χ3v) is 5.98. The molecule has 1 atom stereocenters. The van der Waals surface area contributed by atoms with Gasteiger partial charge in [0.2, 0.25) is 5.91 Å². The maximum Gasteiger partial charge on any atom is 0.339 e. The van der Waals surface area contributed by atoms with Gasteiger partial charge < -0.3 is 20.1 Å². The molecule has 2 N–H and O–H groups in total. The third-order valence-electron chi connectivity index (χ3n) is 5.75. The Balaban J connectivity index is 1.77. The van der Waals surface area contributed by atoms with Crippen LogP contribution in [-0.4, -0.2) is 36.7 Å². The van der Waals surface area contributed by atoms with Crippen LogP contribution in [0.1, 0.15) is 67.1 Å². The van der Waals surface area contributed by atoms with Gasteiger partial charge in [0.25, 0.3) is 0 Å². The first kappa shape index (κ1) is 23.9. The zero-order valence-electron chi connectivity index (χ0n) is 18.7. The molecule has 0 aromatic heterocycles. The Bertz CT molecular complexity index is 957. The number of halogens is 1. The van der Waals surface area contributed by atoms with Crippen molar-refractivity contribution in [3.63, 3.8) is 0 Å². The predicted molar refractivity (Wildman–Crippen MR) is 127 cm³/mol. The topological polar surface area (TPSA) is 78.9 Å². The van der Waals surface area contributed by atoms with Crippen molar-refractivity contribution in [1.29, 1.82) is 0 Å². The molecule has 0 spiro atoms. The van der Waals surface area contributed by atoms with Gasteiger partial charge in [-0.1, -0.05) is 24.6 Å². The number of carboxylic acids is 1. The molecule has 1 amide bonds. The summed E-state index contributed by atoms with van der Waals surface area (Å²) in [6.07, 6.45) is 4.45. The molecular weight excluding hydrogens is 428 g/mol. The number of carbonyl (C=O) groups is 2. The third kappa shape index (κ3) is 5.94. The van der Waals surface area contributed by atoms with E-state index in [1.807, 2.05) is 19.1 Å². The quantitative estimate of drug-likeness (QED) is 0.537. The second-order valence-electron chi connectivity index (χ2n) is 8.02. The standard InChI is InChI=1S/C25H31ClN2O4/c1-3-21(20-16-18(26)9-11-22(20)28-12-6-5-7-13-28)27-24(29)15-17-8-10-19(25(30)31)23(14-17)32-4-2/h8-11,14,16,21H,3-7,12-13,15H2,1-2H3,(H,27,29)(H,30,31). The monoisotopic (exact) mass is 458 g/mol. The fraction of sp³-hybridized carbons (Fsp3) is 0.440.